The molecular weight excluding hydrogens is 268 g/mol. The van der Waals surface area contributed by atoms with Crippen LogP contribution in [0, 0.1) is 24.7 Å². The van der Waals surface area contributed by atoms with Gasteiger partial charge in [0.25, 0.3) is 0 Å². The first kappa shape index (κ1) is 15.5. The first-order valence-corrected chi connectivity index (χ1v) is 7.43. The van der Waals surface area contributed by atoms with E-state index in [1.54, 1.807) is 12.4 Å². The van der Waals surface area contributed by atoms with E-state index in [9.17, 15) is 14.7 Å². The van der Waals surface area contributed by atoms with Crippen LogP contribution >= 0.6 is 0 Å². The largest absolute Gasteiger partial charge is 0.481 e. The van der Waals surface area contributed by atoms with Crippen LogP contribution in [-0.2, 0) is 16.1 Å². The van der Waals surface area contributed by atoms with Gasteiger partial charge in [0, 0.05) is 18.9 Å². The number of carboxylic acids is 1. The van der Waals surface area contributed by atoms with E-state index in [0.29, 0.717) is 25.3 Å². The molecule has 1 aromatic rings. The van der Waals surface area contributed by atoms with E-state index in [-0.39, 0.29) is 5.91 Å². The molecule has 1 aliphatic rings. The number of aromatic nitrogens is 1. The maximum absolute atomic E-state index is 12.3. The SMILES string of the molecule is CCC1C[C@H](C(=O)NCc2cnccc2C)[C@H](C(=O)O)C1. The molecule has 1 fully saturated rings. The van der Waals surface area contributed by atoms with Crippen molar-refractivity contribution >= 4 is 11.9 Å². The Morgan fingerprint density at radius 3 is 2.71 bits per heavy atom. The lowest BCUT2D eigenvalue weighted by molar-refractivity contribution is -0.146. The molecule has 0 radical (unpaired) electrons. The highest BCUT2D eigenvalue weighted by molar-refractivity contribution is 5.85. The lowest BCUT2D eigenvalue weighted by atomic mass is 9.95. The first-order valence-electron chi connectivity index (χ1n) is 7.43. The molecule has 0 aromatic carbocycles. The number of nitrogens with zero attached hydrogens (tertiary/aromatic N) is 1. The minimum absolute atomic E-state index is 0.151. The highest BCUT2D eigenvalue weighted by Gasteiger charge is 2.41. The second-order valence-corrected chi connectivity index (χ2v) is 5.82. The van der Waals surface area contributed by atoms with Gasteiger partial charge in [-0.05, 0) is 42.9 Å². The topological polar surface area (TPSA) is 79.3 Å². The van der Waals surface area contributed by atoms with Crippen molar-refractivity contribution in [3.8, 4) is 0 Å². The average molecular weight is 290 g/mol. The number of rotatable bonds is 5. The van der Waals surface area contributed by atoms with Crippen LogP contribution < -0.4 is 5.32 Å². The van der Waals surface area contributed by atoms with Crippen LogP contribution in [0.5, 0.6) is 0 Å². The van der Waals surface area contributed by atoms with Crippen molar-refractivity contribution in [2.75, 3.05) is 0 Å². The van der Waals surface area contributed by atoms with Gasteiger partial charge in [-0.25, -0.2) is 0 Å². The molecule has 0 bridgehead atoms. The minimum Gasteiger partial charge on any atom is -0.481 e. The zero-order valence-electron chi connectivity index (χ0n) is 12.5. The van der Waals surface area contributed by atoms with E-state index < -0.39 is 17.8 Å². The molecule has 1 aromatic heterocycles. The molecule has 1 saturated carbocycles. The van der Waals surface area contributed by atoms with Gasteiger partial charge in [-0.1, -0.05) is 13.3 Å². The smallest absolute Gasteiger partial charge is 0.307 e. The monoisotopic (exact) mass is 290 g/mol. The number of nitrogens with one attached hydrogen (secondary N) is 1. The molecule has 0 saturated heterocycles. The van der Waals surface area contributed by atoms with Crippen molar-refractivity contribution in [2.45, 2.75) is 39.7 Å². The Morgan fingerprint density at radius 2 is 2.10 bits per heavy atom. The van der Waals surface area contributed by atoms with Gasteiger partial charge in [-0.3, -0.25) is 14.6 Å². The third-order valence-electron chi connectivity index (χ3n) is 4.49. The second-order valence-electron chi connectivity index (χ2n) is 5.82. The van der Waals surface area contributed by atoms with Crippen LogP contribution in [0.2, 0.25) is 0 Å². The van der Waals surface area contributed by atoms with Gasteiger partial charge < -0.3 is 10.4 Å². The standard InChI is InChI=1S/C16H22N2O3/c1-3-11-6-13(14(7-11)16(20)21)15(19)18-9-12-8-17-5-4-10(12)2/h4-5,8,11,13-14H,3,6-7,9H2,1-2H3,(H,18,19)(H,20,21)/t11?,13-,14+/m0/s1. The predicted octanol–water partition coefficient (Wildman–Crippen LogP) is 2.14. The Labute approximate surface area is 124 Å². The molecule has 2 N–H and O–H groups in total. The van der Waals surface area contributed by atoms with E-state index in [1.807, 2.05) is 19.9 Å². The maximum Gasteiger partial charge on any atom is 0.307 e. The maximum atomic E-state index is 12.3. The van der Waals surface area contributed by atoms with Gasteiger partial charge in [0.2, 0.25) is 5.91 Å². The van der Waals surface area contributed by atoms with Gasteiger partial charge in [-0.2, -0.15) is 0 Å². The summed E-state index contributed by atoms with van der Waals surface area (Å²) >= 11 is 0. The number of aryl methyl sites for hydroxylation is 1. The fourth-order valence-electron chi connectivity index (χ4n) is 3.03. The van der Waals surface area contributed by atoms with Crippen LogP contribution in [0.4, 0.5) is 0 Å². The molecule has 1 aliphatic carbocycles. The highest BCUT2D eigenvalue weighted by Crippen LogP contribution is 2.38. The molecule has 3 atom stereocenters. The van der Waals surface area contributed by atoms with Gasteiger partial charge >= 0.3 is 5.97 Å². The Morgan fingerprint density at radius 1 is 1.38 bits per heavy atom. The van der Waals surface area contributed by atoms with Crippen molar-refractivity contribution in [1.82, 2.24) is 10.3 Å². The molecule has 2 rings (SSSR count). The Kier molecular flexibility index (Phi) is 4.94. The van der Waals surface area contributed by atoms with Gasteiger partial charge in [0.1, 0.15) is 0 Å². The molecule has 1 amide bonds. The zero-order chi connectivity index (χ0) is 15.4. The van der Waals surface area contributed by atoms with E-state index in [0.717, 1.165) is 17.5 Å². The number of carboxylic acid groups (broad SMARTS) is 1. The minimum atomic E-state index is -0.858. The normalized spacial score (nSPS) is 24.8. The number of hydrogen-bond donors (Lipinski definition) is 2. The summed E-state index contributed by atoms with van der Waals surface area (Å²) in [5.41, 5.74) is 2.03. The van der Waals surface area contributed by atoms with Crippen LogP contribution in [0.25, 0.3) is 0 Å². The number of aliphatic carboxylic acids is 1. The molecular formula is C16H22N2O3. The van der Waals surface area contributed by atoms with E-state index in [1.165, 1.54) is 0 Å². The summed E-state index contributed by atoms with van der Waals surface area (Å²) in [7, 11) is 0. The van der Waals surface area contributed by atoms with Crippen molar-refractivity contribution in [3.05, 3.63) is 29.6 Å². The Bertz CT molecular complexity index is 530. The molecule has 114 valence electrons. The molecule has 1 unspecified atom stereocenters. The van der Waals surface area contributed by atoms with Gasteiger partial charge in [0.15, 0.2) is 0 Å². The first-order chi connectivity index (χ1) is 10.0. The Hall–Kier alpha value is -1.91. The van der Waals surface area contributed by atoms with Gasteiger partial charge in [-0.15, -0.1) is 0 Å². The molecule has 1 heterocycles. The highest BCUT2D eigenvalue weighted by atomic mass is 16.4. The van der Waals surface area contributed by atoms with Crippen molar-refractivity contribution in [2.24, 2.45) is 17.8 Å². The summed E-state index contributed by atoms with van der Waals surface area (Å²) in [6, 6.07) is 1.89. The van der Waals surface area contributed by atoms with E-state index in [2.05, 4.69) is 10.3 Å². The van der Waals surface area contributed by atoms with Crippen LogP contribution in [-0.4, -0.2) is 22.0 Å². The van der Waals surface area contributed by atoms with Crippen LogP contribution in [0.1, 0.15) is 37.3 Å². The lowest BCUT2D eigenvalue weighted by Crippen LogP contribution is -2.35. The fourth-order valence-corrected chi connectivity index (χ4v) is 3.03. The summed E-state index contributed by atoms with van der Waals surface area (Å²) < 4.78 is 0. The number of hydrogen-bond acceptors (Lipinski definition) is 3. The zero-order valence-corrected chi connectivity index (χ0v) is 12.5. The van der Waals surface area contributed by atoms with Crippen LogP contribution in [0.15, 0.2) is 18.5 Å². The Balaban J connectivity index is 1.99. The lowest BCUT2D eigenvalue weighted by Gasteiger charge is -2.16. The number of pyridine rings is 1. The fraction of sp³-hybridized carbons (Fsp3) is 0.562. The van der Waals surface area contributed by atoms with E-state index in [4.69, 9.17) is 0 Å². The molecule has 0 aliphatic heterocycles. The summed E-state index contributed by atoms with van der Waals surface area (Å²) in [6.07, 6.45) is 5.65. The molecule has 5 heteroatoms. The predicted molar refractivity (Wildman–Crippen MR) is 78.5 cm³/mol. The third-order valence-corrected chi connectivity index (χ3v) is 4.49. The number of carbonyl (C=O) groups excluding carboxylic acids is 1. The number of amides is 1. The summed E-state index contributed by atoms with van der Waals surface area (Å²) in [4.78, 5) is 27.7. The van der Waals surface area contributed by atoms with Crippen molar-refractivity contribution < 1.29 is 14.7 Å². The summed E-state index contributed by atoms with van der Waals surface area (Å²) in [5.74, 6) is -1.64. The quantitative estimate of drug-likeness (QED) is 0.870. The van der Waals surface area contributed by atoms with Gasteiger partial charge in [0.05, 0.1) is 11.8 Å². The second kappa shape index (κ2) is 6.70. The third kappa shape index (κ3) is 3.60. The van der Waals surface area contributed by atoms with Crippen molar-refractivity contribution in [3.63, 3.8) is 0 Å². The summed E-state index contributed by atoms with van der Waals surface area (Å²) in [6.45, 7) is 4.41. The average Bonchev–Trinajstić information content (AvgIpc) is 2.90. The van der Waals surface area contributed by atoms with Crippen molar-refractivity contribution in [1.29, 1.82) is 0 Å². The summed E-state index contributed by atoms with van der Waals surface area (Å²) in [5, 5.41) is 12.2. The number of carbonyl (C=O) groups is 2. The van der Waals surface area contributed by atoms with Crippen LogP contribution in [0.3, 0.4) is 0 Å². The molecule has 21 heavy (non-hydrogen) atoms. The van der Waals surface area contributed by atoms with E-state index >= 15 is 0 Å². The molecule has 0 spiro atoms. The molecule has 5 nitrogen and oxygen atoms in total.